The molecule has 3 fully saturated rings. The van der Waals surface area contributed by atoms with Crippen molar-refractivity contribution < 1.29 is 36.3 Å². The van der Waals surface area contributed by atoms with Gasteiger partial charge in [-0.3, -0.25) is 4.90 Å². The van der Waals surface area contributed by atoms with Crippen molar-refractivity contribution in [3.05, 3.63) is 39.8 Å². The second-order valence-electron chi connectivity index (χ2n) is 11.7. The predicted molar refractivity (Wildman–Crippen MR) is 147 cm³/mol. The first-order valence-corrected chi connectivity index (χ1v) is 15.9. The van der Waals surface area contributed by atoms with Gasteiger partial charge in [-0.15, -0.1) is 0 Å². The first-order chi connectivity index (χ1) is 19.4. The number of fused-ring (bicyclic) bond motifs is 3. The molecule has 0 radical (unpaired) electrons. The number of urea groups is 1. The summed E-state index contributed by atoms with van der Waals surface area (Å²) in [5.74, 6) is -1.22. The van der Waals surface area contributed by atoms with E-state index in [4.69, 9.17) is 9.90 Å². The summed E-state index contributed by atoms with van der Waals surface area (Å²) in [5, 5.41) is 14.8. The molecule has 13 heteroatoms. The number of nitrogens with zero attached hydrogens (tertiary/aromatic N) is 1. The number of carboxylic acid groups (broad SMARTS) is 1. The van der Waals surface area contributed by atoms with Crippen molar-refractivity contribution in [2.24, 2.45) is 11.8 Å². The maximum atomic E-state index is 12.8. The fraction of sp³-hybridized carbons (Fsp3) is 0.643. The molecule has 6 rings (SSSR count). The Balaban J connectivity index is 0.000000431. The molecule has 2 aliphatic heterocycles. The lowest BCUT2D eigenvalue weighted by molar-refractivity contribution is -0.192. The highest BCUT2D eigenvalue weighted by atomic mass is 32.2. The maximum absolute atomic E-state index is 12.8. The van der Waals surface area contributed by atoms with Crippen LogP contribution >= 0.6 is 0 Å². The molecule has 3 aliphatic carbocycles. The average Bonchev–Trinajstić information content (AvgIpc) is 3.70. The standard InChI is InChI=1S/C26H36N4O3S.C2HF3O2/c31-26(28-25-23-7-1-4-17(23)12-18-5-2-8-24(18)25)29-34(32,33)11-9-21-6-3-10-30(21)22-13-19-15-27-16-20(19)14-22;3-2(4,5)1(6)7/h9,11-12,19-22,27H,1-8,10,13-16H2,(H2,28,29,31);(H,6,7)/b11-9+;/t19?,20?,21-,22?;/m1./s1. The van der Waals surface area contributed by atoms with Crippen LogP contribution in [0.3, 0.4) is 0 Å². The number of carboxylic acids is 1. The number of nitrogens with one attached hydrogen (secondary N) is 3. The molecule has 0 aromatic heterocycles. The number of amides is 2. The van der Waals surface area contributed by atoms with Crippen molar-refractivity contribution in [1.82, 2.24) is 14.9 Å². The number of aliphatic carboxylic acids is 1. The Bertz CT molecular complexity index is 1270. The van der Waals surface area contributed by atoms with Crippen molar-refractivity contribution in [1.29, 1.82) is 0 Å². The van der Waals surface area contributed by atoms with Crippen LogP contribution < -0.4 is 15.4 Å². The van der Waals surface area contributed by atoms with Gasteiger partial charge in [-0.25, -0.2) is 22.7 Å². The summed E-state index contributed by atoms with van der Waals surface area (Å²) < 4.78 is 59.5. The summed E-state index contributed by atoms with van der Waals surface area (Å²) >= 11 is 0. The molecular weight excluding hydrogens is 561 g/mol. The van der Waals surface area contributed by atoms with Gasteiger partial charge < -0.3 is 15.7 Å². The van der Waals surface area contributed by atoms with E-state index in [-0.39, 0.29) is 6.04 Å². The number of rotatable bonds is 5. The Morgan fingerprint density at radius 2 is 1.59 bits per heavy atom. The van der Waals surface area contributed by atoms with Gasteiger partial charge in [-0.2, -0.15) is 13.2 Å². The number of carbonyl (C=O) groups is 2. The lowest BCUT2D eigenvalue weighted by atomic mass is 9.99. The van der Waals surface area contributed by atoms with Gasteiger partial charge >= 0.3 is 18.2 Å². The number of anilines is 1. The van der Waals surface area contributed by atoms with Gasteiger partial charge in [0.05, 0.1) is 0 Å². The van der Waals surface area contributed by atoms with Crippen LogP contribution in [0.15, 0.2) is 17.6 Å². The van der Waals surface area contributed by atoms with E-state index < -0.39 is 28.2 Å². The molecule has 2 saturated heterocycles. The van der Waals surface area contributed by atoms with Crippen LogP contribution in [0.4, 0.5) is 23.7 Å². The molecule has 5 aliphatic rings. The molecule has 41 heavy (non-hydrogen) atoms. The van der Waals surface area contributed by atoms with Crippen LogP contribution in [0.2, 0.25) is 0 Å². The molecule has 2 heterocycles. The van der Waals surface area contributed by atoms with Gasteiger partial charge in [-0.05, 0) is 118 Å². The zero-order valence-corrected chi connectivity index (χ0v) is 23.6. The number of carbonyl (C=O) groups excluding carboxylic acids is 1. The van der Waals surface area contributed by atoms with Gasteiger partial charge in [0.2, 0.25) is 0 Å². The number of hydrogen-bond donors (Lipinski definition) is 4. The van der Waals surface area contributed by atoms with Gasteiger partial charge in [0.15, 0.2) is 0 Å². The van der Waals surface area contributed by atoms with Crippen molar-refractivity contribution in [2.75, 3.05) is 25.0 Å². The van der Waals surface area contributed by atoms with Crippen LogP contribution in [0, 0.1) is 11.8 Å². The number of hydrogen-bond acceptors (Lipinski definition) is 6. The van der Waals surface area contributed by atoms with E-state index in [1.54, 1.807) is 6.08 Å². The van der Waals surface area contributed by atoms with Crippen LogP contribution in [0.1, 0.15) is 60.8 Å². The third kappa shape index (κ3) is 6.89. The summed E-state index contributed by atoms with van der Waals surface area (Å²) in [5.41, 5.74) is 5.88. The van der Waals surface area contributed by atoms with E-state index >= 15 is 0 Å². The van der Waals surface area contributed by atoms with Crippen molar-refractivity contribution in [2.45, 2.75) is 82.5 Å². The monoisotopic (exact) mass is 598 g/mol. The van der Waals surface area contributed by atoms with Gasteiger partial charge in [0, 0.05) is 23.2 Å². The molecule has 4 N–H and O–H groups in total. The van der Waals surface area contributed by atoms with E-state index in [0.717, 1.165) is 88.5 Å². The molecule has 9 nitrogen and oxygen atoms in total. The lowest BCUT2D eigenvalue weighted by Crippen LogP contribution is -2.38. The van der Waals surface area contributed by atoms with Gasteiger partial charge in [0.1, 0.15) is 0 Å². The molecule has 2 unspecified atom stereocenters. The summed E-state index contributed by atoms with van der Waals surface area (Å²) in [6.45, 7) is 3.28. The van der Waals surface area contributed by atoms with E-state index in [0.29, 0.717) is 6.04 Å². The van der Waals surface area contributed by atoms with Crippen molar-refractivity contribution in [3.63, 3.8) is 0 Å². The van der Waals surface area contributed by atoms with Crippen molar-refractivity contribution >= 4 is 27.7 Å². The van der Waals surface area contributed by atoms with Gasteiger partial charge in [-0.1, -0.05) is 12.1 Å². The topological polar surface area (TPSA) is 128 Å². The molecular formula is C28H37F3N4O5S. The van der Waals surface area contributed by atoms with E-state index in [1.165, 1.54) is 40.5 Å². The molecule has 1 aromatic carbocycles. The number of halogens is 3. The van der Waals surface area contributed by atoms with E-state index in [9.17, 15) is 26.4 Å². The molecule has 1 aromatic rings. The number of alkyl halides is 3. The highest BCUT2D eigenvalue weighted by Gasteiger charge is 2.42. The minimum atomic E-state index is -5.08. The second kappa shape index (κ2) is 11.9. The fourth-order valence-corrected chi connectivity index (χ4v) is 8.11. The minimum absolute atomic E-state index is 0.136. The fourth-order valence-electron chi connectivity index (χ4n) is 7.34. The van der Waals surface area contributed by atoms with E-state index in [2.05, 4.69) is 26.3 Å². The van der Waals surface area contributed by atoms with Crippen LogP contribution in [-0.4, -0.2) is 68.3 Å². The summed E-state index contributed by atoms with van der Waals surface area (Å²) in [4.78, 5) is 24.2. The second-order valence-corrected chi connectivity index (χ2v) is 13.3. The Hall–Kier alpha value is -2.64. The lowest BCUT2D eigenvalue weighted by Gasteiger charge is -2.29. The average molecular weight is 599 g/mol. The minimum Gasteiger partial charge on any atom is -0.475 e. The Kier molecular flexibility index (Phi) is 8.68. The summed E-state index contributed by atoms with van der Waals surface area (Å²) in [7, 11) is -3.86. The number of benzene rings is 1. The van der Waals surface area contributed by atoms with Crippen LogP contribution in [0.5, 0.6) is 0 Å². The largest absolute Gasteiger partial charge is 0.490 e. The Labute approximate surface area is 238 Å². The SMILES string of the molecule is O=C(Nc1c2c(cc3c1CCC3)CCC2)NS(=O)(=O)/C=C/[C@H]1CCCN1C1CC2CNCC2C1.O=C(O)C(F)(F)F. The number of sulfonamides is 1. The Morgan fingerprint density at radius 1 is 1.00 bits per heavy atom. The maximum Gasteiger partial charge on any atom is 0.490 e. The van der Waals surface area contributed by atoms with Crippen LogP contribution in [0.25, 0.3) is 0 Å². The first-order valence-electron chi connectivity index (χ1n) is 14.4. The molecule has 226 valence electrons. The summed E-state index contributed by atoms with van der Waals surface area (Å²) in [6, 6.07) is 2.33. The normalized spacial score (nSPS) is 27.3. The van der Waals surface area contributed by atoms with Gasteiger partial charge in [0.25, 0.3) is 10.0 Å². The highest BCUT2D eigenvalue weighted by Crippen LogP contribution is 2.40. The number of aryl methyl sites for hydroxylation is 2. The van der Waals surface area contributed by atoms with Crippen LogP contribution in [-0.2, 0) is 40.5 Å². The van der Waals surface area contributed by atoms with Crippen molar-refractivity contribution in [3.8, 4) is 0 Å². The smallest absolute Gasteiger partial charge is 0.475 e. The third-order valence-corrected chi connectivity index (χ3v) is 10.1. The number of likely N-dealkylation sites (tertiary alicyclic amines) is 1. The first kappa shape index (κ1) is 29.8. The zero-order valence-electron chi connectivity index (χ0n) is 22.8. The summed E-state index contributed by atoms with van der Waals surface area (Å²) in [6.07, 6.45) is 7.35. The van der Waals surface area contributed by atoms with E-state index in [1.807, 2.05) is 0 Å². The zero-order chi connectivity index (χ0) is 29.4. The molecule has 1 saturated carbocycles. The Morgan fingerprint density at radius 3 is 2.15 bits per heavy atom. The molecule has 0 spiro atoms. The predicted octanol–water partition coefficient (Wildman–Crippen LogP) is 3.72. The molecule has 3 atom stereocenters. The third-order valence-electron chi connectivity index (χ3n) is 9.11. The molecule has 0 bridgehead atoms. The highest BCUT2D eigenvalue weighted by molar-refractivity contribution is 7.92. The quantitative estimate of drug-likeness (QED) is 0.407. The molecule has 2 amide bonds.